The van der Waals surface area contributed by atoms with E-state index in [1.54, 1.807) is 18.4 Å². The first-order valence-corrected chi connectivity index (χ1v) is 10.4. The van der Waals surface area contributed by atoms with Crippen molar-refractivity contribution in [1.82, 2.24) is 20.5 Å². The second kappa shape index (κ2) is 11.2. The van der Waals surface area contributed by atoms with Crippen molar-refractivity contribution in [2.24, 2.45) is 4.99 Å². The molecule has 160 valence electrons. The Morgan fingerprint density at radius 2 is 2.14 bits per heavy atom. The molecule has 9 heteroatoms. The van der Waals surface area contributed by atoms with Gasteiger partial charge in [0.1, 0.15) is 5.60 Å². The van der Waals surface area contributed by atoms with Gasteiger partial charge in [0.25, 0.3) is 0 Å². The lowest BCUT2D eigenvalue weighted by molar-refractivity contribution is 0.0507. The van der Waals surface area contributed by atoms with Crippen LogP contribution >= 0.6 is 35.3 Å². The number of aliphatic imine (C=N–C) groups is 1. The van der Waals surface area contributed by atoms with Crippen LogP contribution in [0.4, 0.5) is 4.79 Å². The van der Waals surface area contributed by atoms with Crippen molar-refractivity contribution < 1.29 is 9.53 Å². The predicted molar refractivity (Wildman–Crippen MR) is 126 cm³/mol. The van der Waals surface area contributed by atoms with Gasteiger partial charge in [-0.1, -0.05) is 6.92 Å². The molecular formula is C19H34IN5O2S. The predicted octanol–water partition coefficient (Wildman–Crippen LogP) is 3.35. The van der Waals surface area contributed by atoms with Gasteiger partial charge < -0.3 is 20.3 Å². The van der Waals surface area contributed by atoms with Crippen LogP contribution in [-0.4, -0.2) is 60.3 Å². The topological polar surface area (TPSA) is 78.9 Å². The number of guanidine groups is 1. The molecule has 0 aliphatic carbocycles. The molecule has 1 aliphatic rings. The normalized spacial score (nSPS) is 17.3. The number of hydrogen-bond acceptors (Lipinski definition) is 5. The molecule has 1 aliphatic heterocycles. The van der Waals surface area contributed by atoms with Gasteiger partial charge in [-0.2, -0.15) is 0 Å². The summed E-state index contributed by atoms with van der Waals surface area (Å²) in [5.74, 6) is 0.868. The standard InChI is InChI=1S/C19H33N5O2S.HI/c1-7-15-13(2)27-16(23-15)8-10-21-17(20-6)24-11-9-14(12-24)22-18(25)26-19(3,4)5;/h14H,7-12H2,1-6H3,(H,20,21)(H,22,25);1H. The molecule has 1 saturated heterocycles. The molecule has 0 aromatic carbocycles. The van der Waals surface area contributed by atoms with E-state index in [4.69, 9.17) is 4.74 Å². The van der Waals surface area contributed by atoms with E-state index in [2.05, 4.69) is 39.4 Å². The number of carbonyl (C=O) groups is 1. The van der Waals surface area contributed by atoms with Crippen molar-refractivity contribution in [3.05, 3.63) is 15.6 Å². The van der Waals surface area contributed by atoms with Crippen LogP contribution in [-0.2, 0) is 17.6 Å². The second-order valence-corrected chi connectivity index (χ2v) is 9.05. The molecule has 1 amide bonds. The number of aryl methyl sites for hydroxylation is 2. The fourth-order valence-electron chi connectivity index (χ4n) is 3.08. The number of nitrogens with one attached hydrogen (secondary N) is 2. The Balaban J connectivity index is 0.00000392. The molecule has 2 rings (SSSR count). The highest BCUT2D eigenvalue weighted by Crippen LogP contribution is 2.18. The van der Waals surface area contributed by atoms with E-state index in [-0.39, 0.29) is 36.1 Å². The Hall–Kier alpha value is -1.10. The summed E-state index contributed by atoms with van der Waals surface area (Å²) in [7, 11) is 1.79. The average Bonchev–Trinajstić information content (AvgIpc) is 3.16. The maximum atomic E-state index is 11.9. The Bertz CT molecular complexity index is 672. The van der Waals surface area contributed by atoms with Gasteiger partial charge in [-0.05, 0) is 40.5 Å². The van der Waals surface area contributed by atoms with E-state index < -0.39 is 5.60 Å². The molecule has 2 heterocycles. The zero-order valence-electron chi connectivity index (χ0n) is 17.8. The number of carbonyl (C=O) groups excluding carboxylic acids is 1. The third-order valence-electron chi connectivity index (χ3n) is 4.31. The first-order valence-electron chi connectivity index (χ1n) is 9.62. The highest BCUT2D eigenvalue weighted by molar-refractivity contribution is 14.0. The largest absolute Gasteiger partial charge is 0.444 e. The maximum absolute atomic E-state index is 11.9. The van der Waals surface area contributed by atoms with Crippen molar-refractivity contribution in [1.29, 1.82) is 0 Å². The molecule has 1 fully saturated rings. The van der Waals surface area contributed by atoms with Gasteiger partial charge in [0.15, 0.2) is 5.96 Å². The van der Waals surface area contributed by atoms with E-state index in [0.29, 0.717) is 0 Å². The van der Waals surface area contributed by atoms with Gasteiger partial charge in [0, 0.05) is 38.0 Å². The van der Waals surface area contributed by atoms with Crippen LogP contribution in [0.1, 0.15) is 49.7 Å². The monoisotopic (exact) mass is 523 g/mol. The summed E-state index contributed by atoms with van der Waals surface area (Å²) in [6, 6.07) is 0.0760. The Labute approximate surface area is 189 Å². The SMILES string of the molecule is CCc1nc(CCNC(=NC)N2CCC(NC(=O)OC(C)(C)C)C2)sc1C.I. The first-order chi connectivity index (χ1) is 12.7. The van der Waals surface area contributed by atoms with E-state index in [1.807, 2.05) is 20.8 Å². The van der Waals surface area contributed by atoms with Gasteiger partial charge in [-0.3, -0.25) is 4.99 Å². The van der Waals surface area contributed by atoms with Gasteiger partial charge in [0.2, 0.25) is 0 Å². The van der Waals surface area contributed by atoms with Crippen LogP contribution in [0, 0.1) is 6.92 Å². The number of hydrogen-bond donors (Lipinski definition) is 2. The lowest BCUT2D eigenvalue weighted by Gasteiger charge is -2.23. The minimum atomic E-state index is -0.480. The summed E-state index contributed by atoms with van der Waals surface area (Å²) in [6.07, 6.45) is 2.39. The van der Waals surface area contributed by atoms with Crippen molar-refractivity contribution in [2.75, 3.05) is 26.7 Å². The molecule has 1 aromatic heterocycles. The molecule has 7 nitrogen and oxygen atoms in total. The summed E-state index contributed by atoms with van der Waals surface area (Å²) in [5.41, 5.74) is 0.723. The van der Waals surface area contributed by atoms with Crippen molar-refractivity contribution >= 4 is 47.4 Å². The van der Waals surface area contributed by atoms with Crippen molar-refractivity contribution in [2.45, 2.75) is 65.5 Å². The van der Waals surface area contributed by atoms with Crippen molar-refractivity contribution in [3.8, 4) is 0 Å². The summed E-state index contributed by atoms with van der Waals surface area (Å²) in [6.45, 7) is 12.3. The van der Waals surface area contributed by atoms with Gasteiger partial charge in [-0.25, -0.2) is 9.78 Å². The van der Waals surface area contributed by atoms with Crippen LogP contribution in [0.15, 0.2) is 4.99 Å². The molecule has 1 unspecified atom stereocenters. The van der Waals surface area contributed by atoms with Crippen LogP contribution < -0.4 is 10.6 Å². The number of nitrogens with zero attached hydrogens (tertiary/aromatic N) is 3. The summed E-state index contributed by atoms with van der Waals surface area (Å²) < 4.78 is 5.34. The van der Waals surface area contributed by atoms with Crippen LogP contribution in [0.5, 0.6) is 0 Å². The average molecular weight is 523 g/mol. The second-order valence-electron chi connectivity index (χ2n) is 7.77. The Morgan fingerprint density at radius 3 is 2.71 bits per heavy atom. The van der Waals surface area contributed by atoms with Gasteiger partial charge in [-0.15, -0.1) is 35.3 Å². The Kier molecular flexibility index (Phi) is 9.96. The quantitative estimate of drug-likeness (QED) is 0.352. The molecule has 0 saturated carbocycles. The maximum Gasteiger partial charge on any atom is 0.407 e. The van der Waals surface area contributed by atoms with Crippen LogP contribution in [0.3, 0.4) is 0 Å². The highest BCUT2D eigenvalue weighted by Gasteiger charge is 2.27. The van der Waals surface area contributed by atoms with Crippen LogP contribution in [0.2, 0.25) is 0 Å². The van der Waals surface area contributed by atoms with E-state index in [0.717, 1.165) is 49.9 Å². The zero-order chi connectivity index (χ0) is 20.0. The number of amides is 1. The Morgan fingerprint density at radius 1 is 1.43 bits per heavy atom. The molecular weight excluding hydrogens is 489 g/mol. The molecule has 1 atom stereocenters. The number of aromatic nitrogens is 1. The fraction of sp³-hybridized carbons (Fsp3) is 0.737. The van der Waals surface area contributed by atoms with Crippen LogP contribution in [0.25, 0.3) is 0 Å². The highest BCUT2D eigenvalue weighted by atomic mass is 127. The van der Waals surface area contributed by atoms with Gasteiger partial charge in [0.05, 0.1) is 16.7 Å². The minimum absolute atomic E-state index is 0. The summed E-state index contributed by atoms with van der Waals surface area (Å²) in [5, 5.41) is 7.53. The minimum Gasteiger partial charge on any atom is -0.444 e. The number of thiazole rings is 1. The van der Waals surface area contributed by atoms with E-state index in [1.165, 1.54) is 10.6 Å². The zero-order valence-corrected chi connectivity index (χ0v) is 20.9. The lowest BCUT2D eigenvalue weighted by atomic mass is 10.2. The summed E-state index contributed by atoms with van der Waals surface area (Å²) in [4.78, 5) is 24.5. The third kappa shape index (κ3) is 7.73. The number of alkyl carbamates (subject to hydrolysis) is 1. The fourth-order valence-corrected chi connectivity index (χ4v) is 4.10. The number of ether oxygens (including phenoxy) is 1. The van der Waals surface area contributed by atoms with E-state index in [9.17, 15) is 4.79 Å². The van der Waals surface area contributed by atoms with E-state index >= 15 is 0 Å². The number of likely N-dealkylation sites (tertiary alicyclic amines) is 1. The third-order valence-corrected chi connectivity index (χ3v) is 5.39. The molecule has 2 N–H and O–H groups in total. The van der Waals surface area contributed by atoms with Gasteiger partial charge >= 0.3 is 6.09 Å². The van der Waals surface area contributed by atoms with Crippen molar-refractivity contribution in [3.63, 3.8) is 0 Å². The number of halogens is 1. The molecule has 28 heavy (non-hydrogen) atoms. The molecule has 0 bridgehead atoms. The lowest BCUT2D eigenvalue weighted by Crippen LogP contribution is -2.44. The number of rotatable bonds is 5. The molecule has 0 spiro atoms. The smallest absolute Gasteiger partial charge is 0.407 e. The first kappa shape index (κ1) is 24.9. The summed E-state index contributed by atoms with van der Waals surface area (Å²) >= 11 is 1.78. The molecule has 0 radical (unpaired) electrons. The molecule has 1 aromatic rings.